The lowest BCUT2D eigenvalue weighted by molar-refractivity contribution is -0.287. The Kier molecular flexibility index (Phi) is 4.31. The van der Waals surface area contributed by atoms with Crippen LogP contribution in [0.25, 0.3) is 0 Å². The molecule has 0 aromatic rings. The highest BCUT2D eigenvalue weighted by Gasteiger charge is 2.43. The molecule has 17 heavy (non-hydrogen) atoms. The molecule has 0 unspecified atom stereocenters. The minimum absolute atomic E-state index is 0.304. The normalized spacial score (nSPS) is 34.5. The lowest BCUT2D eigenvalue weighted by atomic mass is 10.1. The van der Waals surface area contributed by atoms with Crippen molar-refractivity contribution in [3.05, 3.63) is 0 Å². The molecule has 0 aliphatic carbocycles. The van der Waals surface area contributed by atoms with Crippen LogP contribution in [0.1, 0.15) is 6.42 Å². The summed E-state index contributed by atoms with van der Waals surface area (Å²) in [5, 5.41) is 20.2. The molecule has 0 aromatic carbocycles. The van der Waals surface area contributed by atoms with Gasteiger partial charge in [0.05, 0.1) is 6.04 Å². The van der Waals surface area contributed by atoms with Gasteiger partial charge in [0.15, 0.2) is 12.6 Å². The minimum atomic E-state index is -5.05. The van der Waals surface area contributed by atoms with Crippen molar-refractivity contribution in [2.45, 2.75) is 37.3 Å². The van der Waals surface area contributed by atoms with E-state index < -0.39 is 36.8 Å². The zero-order chi connectivity index (χ0) is 13.2. The summed E-state index contributed by atoms with van der Waals surface area (Å²) in [6, 6.07) is -1.34. The highest BCUT2D eigenvalue weighted by atomic mass is 19.4. The van der Waals surface area contributed by atoms with Crippen LogP contribution in [-0.2, 0) is 14.3 Å². The Labute approximate surface area is 94.3 Å². The standard InChI is InChI=1S/C8H12F3NO5/c1-16-6-4(13)2-3(5(14)17-6)12-7(15)8(9,10)11/h3-6,13-14H,2H2,1H3,(H,12,15)/t3-,4+,5+,6-/m0/s1. The third-order valence-electron chi connectivity index (χ3n) is 2.23. The second-order valence-corrected chi connectivity index (χ2v) is 3.51. The second kappa shape index (κ2) is 5.17. The molecular formula is C8H12F3NO5. The molecule has 1 rings (SSSR count). The summed E-state index contributed by atoms with van der Waals surface area (Å²) < 4.78 is 45.2. The Morgan fingerprint density at radius 3 is 2.53 bits per heavy atom. The molecule has 9 heteroatoms. The Hall–Kier alpha value is -0.900. The van der Waals surface area contributed by atoms with Crippen molar-refractivity contribution in [2.75, 3.05) is 7.11 Å². The maximum atomic E-state index is 11.9. The molecule has 3 N–H and O–H groups in total. The zero-order valence-electron chi connectivity index (χ0n) is 8.77. The quantitative estimate of drug-likeness (QED) is 0.598. The number of methoxy groups -OCH3 is 1. The number of rotatable bonds is 2. The fourth-order valence-electron chi connectivity index (χ4n) is 1.40. The summed E-state index contributed by atoms with van der Waals surface area (Å²) in [6.07, 6.45) is -9.40. The molecule has 100 valence electrons. The molecule has 1 aliphatic heterocycles. The van der Waals surface area contributed by atoms with Crippen LogP contribution in [-0.4, -0.2) is 54.1 Å². The van der Waals surface area contributed by atoms with Crippen molar-refractivity contribution in [1.29, 1.82) is 0 Å². The summed E-state index contributed by atoms with van der Waals surface area (Å²) in [5.41, 5.74) is 0. The predicted molar refractivity (Wildman–Crippen MR) is 46.5 cm³/mol. The molecule has 1 amide bonds. The van der Waals surface area contributed by atoms with Gasteiger partial charge in [-0.15, -0.1) is 0 Å². The van der Waals surface area contributed by atoms with Gasteiger partial charge in [-0.1, -0.05) is 0 Å². The van der Waals surface area contributed by atoms with Crippen LogP contribution in [0.5, 0.6) is 0 Å². The van der Waals surface area contributed by atoms with Crippen molar-refractivity contribution in [2.24, 2.45) is 0 Å². The van der Waals surface area contributed by atoms with Crippen LogP contribution in [0.2, 0.25) is 0 Å². The summed E-state index contributed by atoms with van der Waals surface area (Å²) in [5.74, 6) is -2.20. The maximum Gasteiger partial charge on any atom is 0.471 e. The molecule has 1 fully saturated rings. The summed E-state index contributed by atoms with van der Waals surface area (Å²) >= 11 is 0. The smallest absolute Gasteiger partial charge is 0.388 e. The topological polar surface area (TPSA) is 88.0 Å². The number of hydrogen-bond acceptors (Lipinski definition) is 5. The summed E-state index contributed by atoms with van der Waals surface area (Å²) in [7, 11) is 1.20. The number of carbonyl (C=O) groups is 1. The highest BCUT2D eigenvalue weighted by molar-refractivity contribution is 5.81. The first-order valence-corrected chi connectivity index (χ1v) is 4.67. The molecular weight excluding hydrogens is 247 g/mol. The number of alkyl halides is 3. The van der Waals surface area contributed by atoms with Crippen LogP contribution in [0.4, 0.5) is 13.2 Å². The van der Waals surface area contributed by atoms with E-state index in [1.165, 1.54) is 12.4 Å². The van der Waals surface area contributed by atoms with Crippen LogP contribution < -0.4 is 5.32 Å². The van der Waals surface area contributed by atoms with Crippen molar-refractivity contribution < 1.29 is 37.7 Å². The zero-order valence-corrected chi connectivity index (χ0v) is 8.77. The van der Waals surface area contributed by atoms with E-state index >= 15 is 0 Å². The van der Waals surface area contributed by atoms with Gasteiger partial charge in [-0.25, -0.2) is 0 Å². The number of aliphatic hydroxyl groups is 2. The van der Waals surface area contributed by atoms with Gasteiger partial charge in [0.1, 0.15) is 6.10 Å². The summed E-state index contributed by atoms with van der Waals surface area (Å²) in [4.78, 5) is 10.6. The van der Waals surface area contributed by atoms with Gasteiger partial charge in [0.25, 0.3) is 0 Å². The van der Waals surface area contributed by atoms with Crippen LogP contribution >= 0.6 is 0 Å². The third-order valence-corrected chi connectivity index (χ3v) is 2.23. The number of hydrogen-bond donors (Lipinski definition) is 3. The van der Waals surface area contributed by atoms with Gasteiger partial charge in [-0.05, 0) is 0 Å². The second-order valence-electron chi connectivity index (χ2n) is 3.51. The van der Waals surface area contributed by atoms with Crippen molar-refractivity contribution in [3.8, 4) is 0 Å². The van der Waals surface area contributed by atoms with Crippen molar-refractivity contribution >= 4 is 5.91 Å². The predicted octanol–water partition coefficient (Wildman–Crippen LogP) is -0.894. The van der Waals surface area contributed by atoms with Gasteiger partial charge in [0.2, 0.25) is 0 Å². The van der Waals surface area contributed by atoms with E-state index in [1.807, 2.05) is 0 Å². The number of nitrogens with one attached hydrogen (secondary N) is 1. The Morgan fingerprint density at radius 2 is 2.06 bits per heavy atom. The molecule has 1 saturated heterocycles. The monoisotopic (exact) mass is 259 g/mol. The number of ether oxygens (including phenoxy) is 2. The molecule has 0 radical (unpaired) electrons. The maximum absolute atomic E-state index is 11.9. The van der Waals surface area contributed by atoms with E-state index in [4.69, 9.17) is 0 Å². The average Bonchev–Trinajstić information content (AvgIpc) is 2.21. The number of carbonyl (C=O) groups excluding carboxylic acids is 1. The SMILES string of the molecule is CO[C@H]1O[C@@H](O)[C@@H](NC(=O)C(F)(F)F)C[C@H]1O. The Balaban J connectivity index is 2.59. The average molecular weight is 259 g/mol. The van der Waals surface area contributed by atoms with Gasteiger partial charge >= 0.3 is 12.1 Å². The minimum Gasteiger partial charge on any atom is -0.388 e. The van der Waals surface area contributed by atoms with Gasteiger partial charge in [-0.2, -0.15) is 13.2 Å². The molecule has 6 nitrogen and oxygen atoms in total. The van der Waals surface area contributed by atoms with Crippen LogP contribution in [0, 0.1) is 0 Å². The third kappa shape index (κ3) is 3.53. The number of aliphatic hydroxyl groups excluding tert-OH is 2. The van der Waals surface area contributed by atoms with Crippen molar-refractivity contribution in [1.82, 2.24) is 5.32 Å². The van der Waals surface area contributed by atoms with E-state index in [2.05, 4.69) is 9.47 Å². The summed E-state index contributed by atoms with van der Waals surface area (Å²) in [6.45, 7) is 0. The van der Waals surface area contributed by atoms with Gasteiger partial charge in [-0.3, -0.25) is 4.79 Å². The van der Waals surface area contributed by atoms with E-state index in [9.17, 15) is 28.2 Å². The van der Waals surface area contributed by atoms with Crippen LogP contribution in [0.3, 0.4) is 0 Å². The molecule has 0 bridgehead atoms. The molecule has 1 heterocycles. The highest BCUT2D eigenvalue weighted by Crippen LogP contribution is 2.21. The lowest BCUT2D eigenvalue weighted by Gasteiger charge is -2.36. The molecule has 1 aliphatic rings. The fourth-order valence-corrected chi connectivity index (χ4v) is 1.40. The Morgan fingerprint density at radius 1 is 1.47 bits per heavy atom. The molecule has 0 aromatic heterocycles. The van der Waals surface area contributed by atoms with Gasteiger partial charge < -0.3 is 25.0 Å². The first kappa shape index (κ1) is 14.2. The van der Waals surface area contributed by atoms with Gasteiger partial charge in [0, 0.05) is 13.5 Å². The van der Waals surface area contributed by atoms with E-state index in [1.54, 1.807) is 0 Å². The first-order valence-electron chi connectivity index (χ1n) is 4.67. The first-order chi connectivity index (χ1) is 7.75. The molecule has 0 spiro atoms. The number of amides is 1. The number of halogens is 3. The van der Waals surface area contributed by atoms with E-state index in [0.717, 1.165) is 0 Å². The lowest BCUT2D eigenvalue weighted by Crippen LogP contribution is -2.56. The largest absolute Gasteiger partial charge is 0.471 e. The van der Waals surface area contributed by atoms with E-state index in [-0.39, 0.29) is 6.42 Å². The van der Waals surface area contributed by atoms with E-state index in [0.29, 0.717) is 0 Å². The van der Waals surface area contributed by atoms with Crippen LogP contribution in [0.15, 0.2) is 0 Å². The molecule has 0 saturated carbocycles. The fraction of sp³-hybridized carbons (Fsp3) is 0.875. The molecule has 4 atom stereocenters. The Bertz CT molecular complexity index is 285. The van der Waals surface area contributed by atoms with Crippen molar-refractivity contribution in [3.63, 3.8) is 0 Å².